The predicted molar refractivity (Wildman–Crippen MR) is 128 cm³/mol. The van der Waals surface area contributed by atoms with Crippen molar-refractivity contribution < 1.29 is 8.78 Å². The van der Waals surface area contributed by atoms with Crippen LogP contribution in [0.1, 0.15) is 50.7 Å². The van der Waals surface area contributed by atoms with Crippen LogP contribution in [0.4, 0.5) is 20.5 Å². The van der Waals surface area contributed by atoms with Crippen molar-refractivity contribution in [1.82, 2.24) is 29.4 Å². The first kappa shape index (κ1) is 22.3. The van der Waals surface area contributed by atoms with Gasteiger partial charge in [-0.15, -0.1) is 0 Å². The number of aromatic nitrogens is 5. The molecule has 4 aromatic rings. The molecule has 0 saturated carbocycles. The molecule has 5 rings (SSSR count). The van der Waals surface area contributed by atoms with Gasteiger partial charge in [-0.25, -0.2) is 28.7 Å². The smallest absolute Gasteiger partial charge is 0.229 e. The van der Waals surface area contributed by atoms with Crippen molar-refractivity contribution in [1.29, 1.82) is 0 Å². The third-order valence-corrected chi connectivity index (χ3v) is 6.41. The van der Waals surface area contributed by atoms with Crippen molar-refractivity contribution in [2.75, 3.05) is 18.4 Å². The van der Waals surface area contributed by atoms with E-state index >= 15 is 0 Å². The molecule has 1 saturated heterocycles. The highest BCUT2D eigenvalue weighted by Gasteiger charge is 2.22. The summed E-state index contributed by atoms with van der Waals surface area (Å²) in [6, 6.07) is 7.24. The van der Waals surface area contributed by atoms with Gasteiger partial charge in [-0.1, -0.05) is 6.07 Å². The summed E-state index contributed by atoms with van der Waals surface area (Å²) < 4.78 is 31.5. The Morgan fingerprint density at radius 1 is 0.971 bits per heavy atom. The van der Waals surface area contributed by atoms with Gasteiger partial charge in [0.25, 0.3) is 0 Å². The number of imidazole rings is 1. The lowest BCUT2D eigenvalue weighted by Crippen LogP contribution is -2.39. The van der Waals surface area contributed by atoms with Crippen LogP contribution in [0.3, 0.4) is 0 Å². The van der Waals surface area contributed by atoms with Crippen LogP contribution in [0.25, 0.3) is 22.3 Å². The molecule has 0 aliphatic carbocycles. The molecule has 0 radical (unpaired) electrons. The summed E-state index contributed by atoms with van der Waals surface area (Å²) >= 11 is 0. The predicted octanol–water partition coefficient (Wildman–Crippen LogP) is 5.57. The van der Waals surface area contributed by atoms with Gasteiger partial charge in [0.05, 0.1) is 11.7 Å². The van der Waals surface area contributed by atoms with E-state index in [0.29, 0.717) is 28.8 Å². The van der Waals surface area contributed by atoms with Gasteiger partial charge in [0.1, 0.15) is 22.9 Å². The number of halogens is 2. The average molecular weight is 464 g/mol. The Morgan fingerprint density at radius 3 is 2.41 bits per heavy atom. The highest BCUT2D eigenvalue weighted by atomic mass is 19.1. The Kier molecular flexibility index (Phi) is 5.73. The molecule has 3 aromatic heterocycles. The minimum Gasteiger partial charge on any atom is -0.326 e. The number of likely N-dealkylation sites (tertiary alicyclic amines) is 1. The highest BCUT2D eigenvalue weighted by molar-refractivity contribution is 5.83. The van der Waals surface area contributed by atoms with Gasteiger partial charge >= 0.3 is 0 Å². The van der Waals surface area contributed by atoms with E-state index in [9.17, 15) is 8.78 Å². The van der Waals surface area contributed by atoms with Crippen LogP contribution in [-0.4, -0.2) is 42.5 Å². The number of anilines is 2. The fourth-order valence-electron chi connectivity index (χ4n) is 4.47. The molecule has 1 fully saturated rings. The van der Waals surface area contributed by atoms with E-state index in [-0.39, 0.29) is 23.2 Å². The van der Waals surface area contributed by atoms with Crippen molar-refractivity contribution in [3.8, 4) is 11.3 Å². The Balaban J connectivity index is 1.45. The van der Waals surface area contributed by atoms with E-state index in [0.717, 1.165) is 24.8 Å². The summed E-state index contributed by atoms with van der Waals surface area (Å²) in [5.41, 5.74) is 2.33. The lowest BCUT2D eigenvalue weighted by Gasteiger charge is -2.36. The molecule has 1 aliphatic heterocycles. The fourth-order valence-corrected chi connectivity index (χ4v) is 4.47. The highest BCUT2D eigenvalue weighted by Crippen LogP contribution is 2.31. The van der Waals surface area contributed by atoms with Crippen LogP contribution in [0, 0.1) is 18.6 Å². The summed E-state index contributed by atoms with van der Waals surface area (Å²) in [4.78, 5) is 19.6. The number of benzene rings is 1. The maximum Gasteiger partial charge on any atom is 0.229 e. The van der Waals surface area contributed by atoms with Crippen LogP contribution in [-0.2, 0) is 0 Å². The second-order valence-electron chi connectivity index (χ2n) is 9.01. The van der Waals surface area contributed by atoms with Crippen LogP contribution >= 0.6 is 0 Å². The largest absolute Gasteiger partial charge is 0.326 e. The number of pyridine rings is 1. The van der Waals surface area contributed by atoms with Gasteiger partial charge in [-0.05, 0) is 71.0 Å². The maximum absolute atomic E-state index is 14.9. The summed E-state index contributed by atoms with van der Waals surface area (Å²) in [5.74, 6) is 0.276. The minimum atomic E-state index is -0.636. The number of aryl methyl sites for hydroxylation is 1. The molecule has 0 unspecified atom stereocenters. The number of hydrogen-bond acceptors (Lipinski definition) is 6. The fraction of sp³-hybridized carbons (Fsp3) is 0.360. The van der Waals surface area contributed by atoms with Crippen molar-refractivity contribution in [2.45, 2.75) is 46.2 Å². The molecular weight excluding hydrogens is 436 g/mol. The van der Waals surface area contributed by atoms with Gasteiger partial charge in [-0.3, -0.25) is 4.90 Å². The van der Waals surface area contributed by atoms with Crippen LogP contribution in [0.15, 0.2) is 36.7 Å². The Morgan fingerprint density at radius 2 is 1.76 bits per heavy atom. The zero-order valence-corrected chi connectivity index (χ0v) is 19.7. The quantitative estimate of drug-likeness (QED) is 0.403. The Hall–Kier alpha value is -3.46. The molecule has 9 heteroatoms. The van der Waals surface area contributed by atoms with E-state index < -0.39 is 11.6 Å². The van der Waals surface area contributed by atoms with Crippen molar-refractivity contribution in [3.05, 3.63) is 59.7 Å². The molecule has 176 valence electrons. The monoisotopic (exact) mass is 463 g/mol. The van der Waals surface area contributed by atoms with E-state index in [1.807, 2.05) is 43.7 Å². The number of hydrogen-bond donors (Lipinski definition) is 1. The Labute approximate surface area is 196 Å². The van der Waals surface area contributed by atoms with Crippen LogP contribution < -0.4 is 5.32 Å². The SMILES string of the molecule is Cc1nc2c(F)cc(-c3nc(Nc4ccc([C@H](C)N5CCC5)cn4)ncc3F)cc2n1C(C)C. The van der Waals surface area contributed by atoms with E-state index in [1.54, 1.807) is 6.07 Å². The van der Waals surface area contributed by atoms with Crippen LogP contribution in [0.5, 0.6) is 0 Å². The molecule has 1 N–H and O–H groups in total. The molecule has 1 atom stereocenters. The topological polar surface area (TPSA) is 71.8 Å². The minimum absolute atomic E-state index is 0.00971. The van der Waals surface area contributed by atoms with Crippen molar-refractivity contribution >= 4 is 22.8 Å². The second-order valence-corrected chi connectivity index (χ2v) is 9.01. The standard InChI is InChI=1S/C25H27F2N7/c1-14(2)34-16(4)30-24-19(26)10-18(11-21(24)34)23-20(27)13-29-25(32-23)31-22-7-6-17(12-28-22)15(3)33-8-5-9-33/h6-7,10-15H,5,8-9H2,1-4H3,(H,28,29,31,32)/t15-/m0/s1. The van der Waals surface area contributed by atoms with Gasteiger partial charge in [0.2, 0.25) is 5.95 Å². The van der Waals surface area contributed by atoms with E-state index in [4.69, 9.17) is 0 Å². The van der Waals surface area contributed by atoms with Crippen molar-refractivity contribution in [2.24, 2.45) is 0 Å². The third-order valence-electron chi connectivity index (χ3n) is 6.41. The first-order valence-corrected chi connectivity index (χ1v) is 11.5. The summed E-state index contributed by atoms with van der Waals surface area (Å²) in [6.07, 6.45) is 4.14. The molecule has 0 amide bonds. The first-order chi connectivity index (χ1) is 16.3. The number of nitrogens with zero attached hydrogens (tertiary/aromatic N) is 6. The number of nitrogens with one attached hydrogen (secondary N) is 1. The Bertz CT molecular complexity index is 1340. The third kappa shape index (κ3) is 4.00. The molecule has 4 heterocycles. The zero-order valence-electron chi connectivity index (χ0n) is 19.7. The average Bonchev–Trinajstić information content (AvgIpc) is 3.11. The van der Waals surface area contributed by atoms with E-state index in [2.05, 4.69) is 37.1 Å². The lowest BCUT2D eigenvalue weighted by molar-refractivity contribution is 0.128. The zero-order chi connectivity index (χ0) is 24.0. The summed E-state index contributed by atoms with van der Waals surface area (Å²) in [5, 5.41) is 3.03. The number of rotatable bonds is 6. The number of fused-ring (bicyclic) bond motifs is 1. The van der Waals surface area contributed by atoms with Crippen LogP contribution in [0.2, 0.25) is 0 Å². The summed E-state index contributed by atoms with van der Waals surface area (Å²) in [6.45, 7) is 10.2. The van der Waals surface area contributed by atoms with Gasteiger partial charge < -0.3 is 9.88 Å². The molecule has 7 nitrogen and oxygen atoms in total. The second kappa shape index (κ2) is 8.72. The molecule has 1 aromatic carbocycles. The first-order valence-electron chi connectivity index (χ1n) is 11.5. The molecule has 34 heavy (non-hydrogen) atoms. The maximum atomic E-state index is 14.9. The van der Waals surface area contributed by atoms with Gasteiger partial charge in [0, 0.05) is 23.8 Å². The van der Waals surface area contributed by atoms with Gasteiger partial charge in [-0.2, -0.15) is 0 Å². The van der Waals surface area contributed by atoms with Crippen molar-refractivity contribution in [3.63, 3.8) is 0 Å². The molecule has 1 aliphatic rings. The van der Waals surface area contributed by atoms with Gasteiger partial charge in [0.15, 0.2) is 11.6 Å². The normalized spacial score (nSPS) is 15.0. The van der Waals surface area contributed by atoms with E-state index in [1.165, 1.54) is 12.5 Å². The molecule has 0 bridgehead atoms. The molecular formula is C25H27F2N7. The summed E-state index contributed by atoms with van der Waals surface area (Å²) in [7, 11) is 0. The molecule has 0 spiro atoms. The lowest BCUT2D eigenvalue weighted by atomic mass is 10.1.